The maximum Gasteiger partial charge on any atom is 0.262 e. The quantitative estimate of drug-likeness (QED) is 0.946. The molecule has 106 valence electrons. The summed E-state index contributed by atoms with van der Waals surface area (Å²) in [6, 6.07) is 5.79. The van der Waals surface area contributed by atoms with Gasteiger partial charge in [0, 0.05) is 0 Å². The summed E-state index contributed by atoms with van der Waals surface area (Å²) in [6.07, 6.45) is 0. The van der Waals surface area contributed by atoms with E-state index in [1.54, 1.807) is 6.92 Å². The van der Waals surface area contributed by atoms with Crippen LogP contribution in [0.25, 0.3) is 0 Å². The molecule has 20 heavy (non-hydrogen) atoms. The van der Waals surface area contributed by atoms with E-state index >= 15 is 0 Å². The number of benzene rings is 2. The van der Waals surface area contributed by atoms with E-state index in [9.17, 15) is 21.6 Å². The third-order valence-electron chi connectivity index (χ3n) is 2.65. The summed E-state index contributed by atoms with van der Waals surface area (Å²) in [5.41, 5.74) is 0.535. The lowest BCUT2D eigenvalue weighted by atomic mass is 10.2. The van der Waals surface area contributed by atoms with Gasteiger partial charge < -0.3 is 0 Å². The van der Waals surface area contributed by atoms with Crippen LogP contribution < -0.4 is 4.72 Å². The van der Waals surface area contributed by atoms with Crippen LogP contribution in [0.1, 0.15) is 5.56 Å². The molecule has 1 N–H and O–H groups in total. The normalized spacial score (nSPS) is 11.4. The Labute approximate surface area is 114 Å². The molecule has 0 saturated heterocycles. The molecule has 0 aliphatic carbocycles. The molecule has 0 radical (unpaired) electrons. The standard InChI is InChI=1S/C13H10F3NO2S/c1-8-2-3-9(14)6-13(8)17-20(18,19)10-4-5-11(15)12(16)7-10/h2-7,17H,1H3. The Morgan fingerprint density at radius 2 is 1.65 bits per heavy atom. The van der Waals surface area contributed by atoms with Crippen LogP contribution in [-0.4, -0.2) is 8.42 Å². The molecular weight excluding hydrogens is 291 g/mol. The molecule has 2 aromatic carbocycles. The van der Waals surface area contributed by atoms with Crippen LogP contribution >= 0.6 is 0 Å². The first-order chi connectivity index (χ1) is 9.29. The summed E-state index contributed by atoms with van der Waals surface area (Å²) < 4.78 is 65.1. The first-order valence-corrected chi connectivity index (χ1v) is 7.02. The summed E-state index contributed by atoms with van der Waals surface area (Å²) in [6.45, 7) is 1.59. The summed E-state index contributed by atoms with van der Waals surface area (Å²) in [7, 11) is -4.12. The van der Waals surface area contributed by atoms with Crippen LogP contribution in [0.3, 0.4) is 0 Å². The zero-order valence-electron chi connectivity index (χ0n) is 10.3. The van der Waals surface area contributed by atoms with Gasteiger partial charge in [-0.25, -0.2) is 21.6 Å². The highest BCUT2D eigenvalue weighted by Gasteiger charge is 2.17. The Morgan fingerprint density at radius 3 is 2.30 bits per heavy atom. The number of halogens is 3. The molecule has 0 aliphatic rings. The number of anilines is 1. The lowest BCUT2D eigenvalue weighted by Crippen LogP contribution is -2.14. The topological polar surface area (TPSA) is 46.2 Å². The molecule has 0 bridgehead atoms. The average Bonchev–Trinajstić information content (AvgIpc) is 2.36. The van der Waals surface area contributed by atoms with Gasteiger partial charge in [-0.05, 0) is 42.8 Å². The summed E-state index contributed by atoms with van der Waals surface area (Å²) in [4.78, 5) is -0.444. The molecule has 0 aliphatic heterocycles. The molecule has 2 rings (SSSR count). The largest absolute Gasteiger partial charge is 0.279 e. The maximum atomic E-state index is 13.1. The van der Waals surface area contributed by atoms with E-state index in [1.807, 2.05) is 0 Å². The molecule has 0 spiro atoms. The van der Waals surface area contributed by atoms with E-state index in [0.29, 0.717) is 17.7 Å². The van der Waals surface area contributed by atoms with Crippen molar-refractivity contribution in [3.63, 3.8) is 0 Å². The van der Waals surface area contributed by atoms with Crippen LogP contribution in [0.2, 0.25) is 0 Å². The molecule has 2 aromatic rings. The van der Waals surface area contributed by atoms with Gasteiger partial charge in [-0.15, -0.1) is 0 Å². The van der Waals surface area contributed by atoms with Crippen LogP contribution in [0.4, 0.5) is 18.9 Å². The van der Waals surface area contributed by atoms with Gasteiger partial charge in [-0.2, -0.15) is 0 Å². The van der Waals surface area contributed by atoms with Crippen molar-refractivity contribution in [1.29, 1.82) is 0 Å². The van der Waals surface area contributed by atoms with E-state index < -0.39 is 32.4 Å². The van der Waals surface area contributed by atoms with Crippen molar-refractivity contribution in [3.05, 3.63) is 59.4 Å². The number of nitrogens with one attached hydrogen (secondary N) is 1. The summed E-state index contributed by atoms with van der Waals surface area (Å²) in [5, 5.41) is 0. The Bertz CT molecular complexity index is 760. The summed E-state index contributed by atoms with van der Waals surface area (Å²) in [5.74, 6) is -3.03. The molecule has 0 atom stereocenters. The number of rotatable bonds is 3. The first kappa shape index (κ1) is 14.4. The van der Waals surface area contributed by atoms with Crippen molar-refractivity contribution in [1.82, 2.24) is 0 Å². The molecule has 0 saturated carbocycles. The molecular formula is C13H10F3NO2S. The zero-order chi connectivity index (χ0) is 14.9. The molecule has 0 heterocycles. The van der Waals surface area contributed by atoms with Crippen molar-refractivity contribution in [2.45, 2.75) is 11.8 Å². The Morgan fingerprint density at radius 1 is 0.950 bits per heavy atom. The van der Waals surface area contributed by atoms with E-state index in [1.165, 1.54) is 12.1 Å². The van der Waals surface area contributed by atoms with Gasteiger partial charge in [0.1, 0.15) is 5.82 Å². The van der Waals surface area contributed by atoms with E-state index in [4.69, 9.17) is 0 Å². The highest BCUT2D eigenvalue weighted by Crippen LogP contribution is 2.21. The smallest absolute Gasteiger partial charge is 0.262 e. The zero-order valence-corrected chi connectivity index (χ0v) is 11.1. The van der Waals surface area contributed by atoms with Gasteiger partial charge in [-0.3, -0.25) is 4.72 Å². The molecule has 7 heteroatoms. The third-order valence-corrected chi connectivity index (χ3v) is 4.01. The van der Waals surface area contributed by atoms with E-state index in [0.717, 1.165) is 12.1 Å². The Balaban J connectivity index is 2.40. The SMILES string of the molecule is Cc1ccc(F)cc1NS(=O)(=O)c1ccc(F)c(F)c1. The number of sulfonamides is 1. The highest BCUT2D eigenvalue weighted by atomic mass is 32.2. The number of hydrogen-bond acceptors (Lipinski definition) is 2. The first-order valence-electron chi connectivity index (χ1n) is 5.53. The summed E-state index contributed by atoms with van der Waals surface area (Å²) >= 11 is 0. The fourth-order valence-corrected chi connectivity index (χ4v) is 2.68. The lowest BCUT2D eigenvalue weighted by Gasteiger charge is -2.10. The van der Waals surface area contributed by atoms with Crippen LogP contribution in [0.5, 0.6) is 0 Å². The predicted molar refractivity (Wildman–Crippen MR) is 68.3 cm³/mol. The van der Waals surface area contributed by atoms with E-state index in [-0.39, 0.29) is 5.69 Å². The van der Waals surface area contributed by atoms with Crippen LogP contribution in [0.15, 0.2) is 41.3 Å². The Hall–Kier alpha value is -2.02. The fourth-order valence-electron chi connectivity index (χ4n) is 1.55. The second-order valence-electron chi connectivity index (χ2n) is 4.14. The Kier molecular flexibility index (Phi) is 3.71. The highest BCUT2D eigenvalue weighted by molar-refractivity contribution is 7.92. The second-order valence-corrected chi connectivity index (χ2v) is 5.82. The molecule has 0 fully saturated rings. The van der Waals surface area contributed by atoms with Gasteiger partial charge >= 0.3 is 0 Å². The minimum Gasteiger partial charge on any atom is -0.279 e. The van der Waals surface area contributed by atoms with Gasteiger partial charge in [-0.1, -0.05) is 6.07 Å². The minimum atomic E-state index is -4.12. The van der Waals surface area contributed by atoms with Crippen molar-refractivity contribution in [2.24, 2.45) is 0 Å². The average molecular weight is 301 g/mol. The van der Waals surface area contributed by atoms with Crippen molar-refractivity contribution in [2.75, 3.05) is 4.72 Å². The van der Waals surface area contributed by atoms with Gasteiger partial charge in [0.05, 0.1) is 10.6 Å². The number of hydrogen-bond donors (Lipinski definition) is 1. The molecule has 0 aromatic heterocycles. The fraction of sp³-hybridized carbons (Fsp3) is 0.0769. The van der Waals surface area contributed by atoms with Crippen LogP contribution in [0, 0.1) is 24.4 Å². The number of aryl methyl sites for hydroxylation is 1. The van der Waals surface area contributed by atoms with Crippen molar-refractivity contribution < 1.29 is 21.6 Å². The molecule has 0 unspecified atom stereocenters. The lowest BCUT2D eigenvalue weighted by molar-refractivity contribution is 0.504. The third kappa shape index (κ3) is 2.93. The monoisotopic (exact) mass is 301 g/mol. The van der Waals surface area contributed by atoms with Gasteiger partial charge in [0.15, 0.2) is 11.6 Å². The minimum absolute atomic E-state index is 0.0368. The van der Waals surface area contributed by atoms with Crippen molar-refractivity contribution in [3.8, 4) is 0 Å². The second kappa shape index (κ2) is 5.16. The molecule has 0 amide bonds. The van der Waals surface area contributed by atoms with Gasteiger partial charge in [0.25, 0.3) is 10.0 Å². The van der Waals surface area contributed by atoms with Crippen molar-refractivity contribution >= 4 is 15.7 Å². The van der Waals surface area contributed by atoms with Gasteiger partial charge in [0.2, 0.25) is 0 Å². The van der Waals surface area contributed by atoms with Crippen LogP contribution in [-0.2, 0) is 10.0 Å². The van der Waals surface area contributed by atoms with E-state index in [2.05, 4.69) is 4.72 Å². The molecule has 3 nitrogen and oxygen atoms in total. The maximum absolute atomic E-state index is 13.1. The predicted octanol–water partition coefficient (Wildman–Crippen LogP) is 3.21.